The van der Waals surface area contributed by atoms with E-state index in [1.165, 1.54) is 45.6 Å². The van der Waals surface area contributed by atoms with E-state index in [0.29, 0.717) is 18.9 Å². The van der Waals surface area contributed by atoms with Crippen molar-refractivity contribution in [3.05, 3.63) is 0 Å². The van der Waals surface area contributed by atoms with E-state index in [1.54, 1.807) is 7.11 Å². The number of piperazine rings is 1. The highest BCUT2D eigenvalue weighted by Crippen LogP contribution is 2.20. The van der Waals surface area contributed by atoms with Crippen LogP contribution in [0.15, 0.2) is 0 Å². The van der Waals surface area contributed by atoms with Crippen molar-refractivity contribution in [3.63, 3.8) is 0 Å². The smallest absolute Gasteiger partial charge is 0.222 e. The first-order valence-corrected chi connectivity index (χ1v) is 9.36. The largest absolute Gasteiger partial charge is 0.385 e. The molecule has 5 heteroatoms. The van der Waals surface area contributed by atoms with Crippen LogP contribution in [0.3, 0.4) is 0 Å². The van der Waals surface area contributed by atoms with E-state index in [0.717, 1.165) is 25.4 Å². The Kier molecular flexibility index (Phi) is 10.5. The van der Waals surface area contributed by atoms with Crippen LogP contribution in [0.4, 0.5) is 0 Å². The van der Waals surface area contributed by atoms with Crippen molar-refractivity contribution in [1.82, 2.24) is 14.7 Å². The summed E-state index contributed by atoms with van der Waals surface area (Å²) in [5.74, 6) is 1.08. The van der Waals surface area contributed by atoms with Crippen LogP contribution in [0.1, 0.15) is 39.5 Å². The summed E-state index contributed by atoms with van der Waals surface area (Å²) in [6.07, 6.45) is 3.82. The molecule has 1 amide bonds. The Hall–Kier alpha value is -0.650. The van der Waals surface area contributed by atoms with Crippen molar-refractivity contribution in [2.24, 2.45) is 5.92 Å². The summed E-state index contributed by atoms with van der Waals surface area (Å²) in [4.78, 5) is 19.1. The lowest BCUT2D eigenvalue weighted by atomic mass is 9.95. The zero-order chi connectivity index (χ0) is 17.1. The first kappa shape index (κ1) is 20.4. The highest BCUT2D eigenvalue weighted by atomic mass is 16.5. The van der Waals surface area contributed by atoms with Crippen molar-refractivity contribution in [1.29, 1.82) is 0 Å². The number of nitrogens with zero attached hydrogens (tertiary/aromatic N) is 3. The maximum absolute atomic E-state index is 12.1. The second kappa shape index (κ2) is 11.8. The van der Waals surface area contributed by atoms with E-state index in [9.17, 15) is 4.79 Å². The van der Waals surface area contributed by atoms with Gasteiger partial charge in [0.1, 0.15) is 0 Å². The molecule has 0 aliphatic carbocycles. The fourth-order valence-corrected chi connectivity index (χ4v) is 3.29. The molecule has 2 aliphatic heterocycles. The van der Waals surface area contributed by atoms with Crippen molar-refractivity contribution in [3.8, 4) is 0 Å². The van der Waals surface area contributed by atoms with Crippen LogP contribution in [-0.4, -0.2) is 87.2 Å². The Morgan fingerprint density at radius 1 is 1.04 bits per heavy atom. The van der Waals surface area contributed by atoms with Gasteiger partial charge < -0.3 is 19.4 Å². The van der Waals surface area contributed by atoms with Gasteiger partial charge in [0.15, 0.2) is 0 Å². The molecule has 0 radical (unpaired) electrons. The Labute approximate surface area is 142 Å². The van der Waals surface area contributed by atoms with Crippen molar-refractivity contribution in [2.75, 3.05) is 66.6 Å². The van der Waals surface area contributed by atoms with Crippen LogP contribution in [0, 0.1) is 5.92 Å². The fraction of sp³-hybridized carbons (Fsp3) is 0.944. The van der Waals surface area contributed by atoms with Gasteiger partial charge in [0.2, 0.25) is 5.91 Å². The molecule has 0 aromatic carbocycles. The van der Waals surface area contributed by atoms with Gasteiger partial charge in [-0.1, -0.05) is 13.8 Å². The summed E-state index contributed by atoms with van der Waals surface area (Å²) in [5.41, 5.74) is 0. The second-order valence-corrected chi connectivity index (χ2v) is 6.52. The molecule has 2 fully saturated rings. The number of hydrogen-bond donors (Lipinski definition) is 0. The second-order valence-electron chi connectivity index (χ2n) is 6.52. The van der Waals surface area contributed by atoms with Gasteiger partial charge >= 0.3 is 0 Å². The maximum Gasteiger partial charge on any atom is 0.222 e. The molecule has 0 spiro atoms. The minimum Gasteiger partial charge on any atom is -0.385 e. The Morgan fingerprint density at radius 3 is 2.22 bits per heavy atom. The average Bonchev–Trinajstić information content (AvgIpc) is 2.59. The molecule has 2 heterocycles. The number of carbonyl (C=O) groups excluding carboxylic acids is 1. The number of likely N-dealkylation sites (tertiary alicyclic amines) is 1. The summed E-state index contributed by atoms with van der Waals surface area (Å²) < 4.78 is 5.01. The normalized spacial score (nSPS) is 21.0. The lowest BCUT2D eigenvalue weighted by Crippen LogP contribution is -2.48. The standard InChI is InChI=1S/C16H31N3O2.C2H6/c1-17-9-11-18(12-10-17)14-15-5-7-19(8-6-15)16(20)4-3-13-21-2;1-2/h15H,3-14H2,1-2H3;1-2H3. The topological polar surface area (TPSA) is 36.0 Å². The van der Waals surface area contributed by atoms with Gasteiger partial charge in [-0.05, 0) is 32.2 Å². The molecule has 0 aromatic rings. The van der Waals surface area contributed by atoms with Crippen molar-refractivity contribution in [2.45, 2.75) is 39.5 Å². The molecule has 0 atom stereocenters. The third-order valence-corrected chi connectivity index (χ3v) is 4.82. The van der Waals surface area contributed by atoms with Gasteiger partial charge in [-0.25, -0.2) is 0 Å². The number of hydrogen-bond acceptors (Lipinski definition) is 4. The van der Waals surface area contributed by atoms with Gasteiger partial charge in [0, 0.05) is 66.0 Å². The number of methoxy groups -OCH3 is 1. The molecule has 0 bridgehead atoms. The molecule has 2 aliphatic rings. The average molecular weight is 328 g/mol. The highest BCUT2D eigenvalue weighted by Gasteiger charge is 2.25. The van der Waals surface area contributed by atoms with E-state index < -0.39 is 0 Å². The minimum absolute atomic E-state index is 0.310. The quantitative estimate of drug-likeness (QED) is 0.699. The zero-order valence-corrected chi connectivity index (χ0v) is 15.7. The van der Waals surface area contributed by atoms with Crippen LogP contribution in [0.25, 0.3) is 0 Å². The molecule has 0 aromatic heterocycles. The lowest BCUT2D eigenvalue weighted by Gasteiger charge is -2.38. The van der Waals surface area contributed by atoms with Crippen LogP contribution in [-0.2, 0) is 9.53 Å². The molecule has 23 heavy (non-hydrogen) atoms. The lowest BCUT2D eigenvalue weighted by molar-refractivity contribution is -0.133. The maximum atomic E-state index is 12.1. The van der Waals surface area contributed by atoms with Gasteiger partial charge in [-0.15, -0.1) is 0 Å². The van der Waals surface area contributed by atoms with Crippen LogP contribution in [0.2, 0.25) is 0 Å². The minimum atomic E-state index is 0.310. The van der Waals surface area contributed by atoms with Crippen LogP contribution >= 0.6 is 0 Å². The van der Waals surface area contributed by atoms with Gasteiger partial charge in [-0.2, -0.15) is 0 Å². The fourth-order valence-electron chi connectivity index (χ4n) is 3.29. The van der Waals surface area contributed by atoms with Crippen molar-refractivity contribution < 1.29 is 9.53 Å². The molecule has 2 saturated heterocycles. The molecule has 0 unspecified atom stereocenters. The number of amides is 1. The predicted molar refractivity (Wildman–Crippen MR) is 95.7 cm³/mol. The summed E-state index contributed by atoms with van der Waals surface area (Å²) in [5, 5.41) is 0. The molecule has 136 valence electrons. The number of piperidine rings is 1. The SMILES string of the molecule is CC.COCCCC(=O)N1CCC(CN2CCN(C)CC2)CC1. The Bertz CT molecular complexity index is 309. The van der Waals surface area contributed by atoms with Gasteiger partial charge in [0.05, 0.1) is 0 Å². The summed E-state index contributed by atoms with van der Waals surface area (Å²) in [6, 6.07) is 0. The summed E-state index contributed by atoms with van der Waals surface area (Å²) in [7, 11) is 3.89. The predicted octanol–water partition coefficient (Wildman–Crippen LogP) is 1.93. The zero-order valence-electron chi connectivity index (χ0n) is 15.7. The molecular formula is C18H37N3O2. The van der Waals surface area contributed by atoms with Crippen LogP contribution in [0.5, 0.6) is 0 Å². The summed E-state index contributed by atoms with van der Waals surface area (Å²) >= 11 is 0. The number of carbonyl (C=O) groups is 1. The van der Waals surface area contributed by atoms with E-state index in [-0.39, 0.29) is 0 Å². The monoisotopic (exact) mass is 327 g/mol. The summed E-state index contributed by atoms with van der Waals surface area (Å²) in [6.45, 7) is 12.6. The Morgan fingerprint density at radius 2 is 1.65 bits per heavy atom. The first-order valence-electron chi connectivity index (χ1n) is 9.36. The van der Waals surface area contributed by atoms with Gasteiger partial charge in [0.25, 0.3) is 0 Å². The number of ether oxygens (including phenoxy) is 1. The molecule has 5 nitrogen and oxygen atoms in total. The molecule has 0 N–H and O–H groups in total. The number of rotatable bonds is 6. The van der Waals surface area contributed by atoms with E-state index >= 15 is 0 Å². The van der Waals surface area contributed by atoms with E-state index in [4.69, 9.17) is 4.74 Å². The van der Waals surface area contributed by atoms with Crippen molar-refractivity contribution >= 4 is 5.91 Å². The third kappa shape index (κ3) is 7.64. The molecule has 2 rings (SSSR count). The molecule has 0 saturated carbocycles. The first-order chi connectivity index (χ1) is 11.2. The highest BCUT2D eigenvalue weighted by molar-refractivity contribution is 5.76. The molecular weight excluding hydrogens is 290 g/mol. The van der Waals surface area contributed by atoms with Crippen LogP contribution < -0.4 is 0 Å². The van der Waals surface area contributed by atoms with E-state index in [1.807, 2.05) is 13.8 Å². The van der Waals surface area contributed by atoms with Gasteiger partial charge in [-0.3, -0.25) is 4.79 Å². The Balaban J connectivity index is 0.00000127. The van der Waals surface area contributed by atoms with E-state index in [2.05, 4.69) is 21.7 Å². The third-order valence-electron chi connectivity index (χ3n) is 4.82. The number of likely N-dealkylation sites (N-methyl/N-ethyl adjacent to an activating group) is 1.